The van der Waals surface area contributed by atoms with Gasteiger partial charge in [-0.1, -0.05) is 11.6 Å². The number of hydrogen-bond donors (Lipinski definition) is 1. The highest BCUT2D eigenvalue weighted by molar-refractivity contribution is 6.30. The number of carboxylic acid groups (broad SMARTS) is 1. The highest BCUT2D eigenvalue weighted by Gasteiger charge is 2.23. The molecular weight excluding hydrogens is 216 g/mol. The van der Waals surface area contributed by atoms with E-state index in [2.05, 4.69) is 0 Å². The molecule has 15 heavy (non-hydrogen) atoms. The molecule has 0 bridgehead atoms. The van der Waals surface area contributed by atoms with E-state index >= 15 is 0 Å². The number of aryl methyl sites for hydroxylation is 1. The molecule has 0 radical (unpaired) electrons. The molecule has 1 heterocycles. The maximum absolute atomic E-state index is 10.8. The van der Waals surface area contributed by atoms with Gasteiger partial charge in [-0.3, -0.25) is 0 Å². The Morgan fingerprint density at radius 2 is 2.33 bits per heavy atom. The van der Waals surface area contributed by atoms with Gasteiger partial charge in [0.15, 0.2) is 6.10 Å². The molecule has 1 atom stereocenters. The topological polar surface area (TPSA) is 46.5 Å². The van der Waals surface area contributed by atoms with Gasteiger partial charge in [-0.15, -0.1) is 0 Å². The van der Waals surface area contributed by atoms with Gasteiger partial charge in [-0.25, -0.2) is 4.79 Å². The number of ether oxygens (including phenoxy) is 1. The second kappa shape index (κ2) is 4.11. The summed E-state index contributed by atoms with van der Waals surface area (Å²) in [4.78, 5) is 10.8. The normalized spacial score (nSPS) is 19.9. The fourth-order valence-electron chi connectivity index (χ4n) is 1.72. The second-order valence-corrected chi connectivity index (χ2v) is 4.03. The molecule has 80 valence electrons. The minimum Gasteiger partial charge on any atom is -0.479 e. The van der Waals surface area contributed by atoms with Crippen molar-refractivity contribution in [1.82, 2.24) is 0 Å². The Labute approximate surface area is 92.6 Å². The standard InChI is InChI=1S/C11H11ClO3/c12-8-4-5-9-7(6-8)2-1-3-10(15-9)11(13)14/h4-6,10H,1-3H2,(H,13,14). The molecule has 3 nitrogen and oxygen atoms in total. The third-order valence-electron chi connectivity index (χ3n) is 2.48. The number of aliphatic carboxylic acids is 1. The van der Waals surface area contributed by atoms with E-state index in [-0.39, 0.29) is 0 Å². The molecule has 0 saturated carbocycles. The average Bonchev–Trinajstić information content (AvgIpc) is 2.39. The molecule has 0 spiro atoms. The third kappa shape index (κ3) is 2.23. The van der Waals surface area contributed by atoms with Crippen LogP contribution in [0.3, 0.4) is 0 Å². The van der Waals surface area contributed by atoms with E-state index < -0.39 is 12.1 Å². The highest BCUT2D eigenvalue weighted by Crippen LogP contribution is 2.29. The Morgan fingerprint density at radius 3 is 3.07 bits per heavy atom. The van der Waals surface area contributed by atoms with Crippen molar-refractivity contribution < 1.29 is 14.6 Å². The third-order valence-corrected chi connectivity index (χ3v) is 2.71. The molecule has 1 aliphatic rings. The SMILES string of the molecule is O=C(O)C1CCCc2cc(Cl)ccc2O1. The van der Waals surface area contributed by atoms with Gasteiger partial charge in [-0.05, 0) is 43.0 Å². The summed E-state index contributed by atoms with van der Waals surface area (Å²) in [5, 5.41) is 9.55. The van der Waals surface area contributed by atoms with Crippen LogP contribution in [0, 0.1) is 0 Å². The average molecular weight is 227 g/mol. The first-order chi connectivity index (χ1) is 7.16. The molecule has 1 aliphatic heterocycles. The molecule has 0 aliphatic carbocycles. The van der Waals surface area contributed by atoms with Crippen LogP contribution in [0.25, 0.3) is 0 Å². The predicted octanol–water partition coefficient (Wildman–Crippen LogP) is 2.51. The van der Waals surface area contributed by atoms with E-state index in [9.17, 15) is 4.79 Å². The lowest BCUT2D eigenvalue weighted by Gasteiger charge is -2.12. The van der Waals surface area contributed by atoms with Crippen LogP contribution in [0.2, 0.25) is 5.02 Å². The van der Waals surface area contributed by atoms with Crippen LogP contribution in [0.15, 0.2) is 18.2 Å². The number of halogens is 1. The number of fused-ring (bicyclic) bond motifs is 1. The first-order valence-electron chi connectivity index (χ1n) is 4.85. The zero-order valence-electron chi connectivity index (χ0n) is 8.07. The van der Waals surface area contributed by atoms with E-state index in [1.165, 1.54) is 0 Å². The van der Waals surface area contributed by atoms with Gasteiger partial charge in [0.1, 0.15) is 5.75 Å². The molecule has 1 unspecified atom stereocenters. The van der Waals surface area contributed by atoms with Gasteiger partial charge in [0.05, 0.1) is 0 Å². The lowest BCUT2D eigenvalue weighted by molar-refractivity contribution is -0.145. The first-order valence-corrected chi connectivity index (χ1v) is 5.22. The van der Waals surface area contributed by atoms with Gasteiger partial charge < -0.3 is 9.84 Å². The molecule has 1 aromatic rings. The quantitative estimate of drug-likeness (QED) is 0.801. The van der Waals surface area contributed by atoms with Crippen molar-refractivity contribution >= 4 is 17.6 Å². The van der Waals surface area contributed by atoms with Crippen molar-refractivity contribution in [2.75, 3.05) is 0 Å². The van der Waals surface area contributed by atoms with E-state index in [0.29, 0.717) is 17.2 Å². The molecule has 1 aromatic carbocycles. The molecule has 0 aromatic heterocycles. The Bertz CT molecular complexity index is 389. The molecule has 0 fully saturated rings. The monoisotopic (exact) mass is 226 g/mol. The summed E-state index contributed by atoms with van der Waals surface area (Å²) in [6.45, 7) is 0. The van der Waals surface area contributed by atoms with Gasteiger partial charge in [0.25, 0.3) is 0 Å². The van der Waals surface area contributed by atoms with E-state index in [1.54, 1.807) is 12.1 Å². The summed E-state index contributed by atoms with van der Waals surface area (Å²) >= 11 is 5.86. The molecule has 1 N–H and O–H groups in total. The van der Waals surface area contributed by atoms with Gasteiger partial charge in [0.2, 0.25) is 0 Å². The van der Waals surface area contributed by atoms with Gasteiger partial charge >= 0.3 is 5.97 Å². The molecule has 4 heteroatoms. The lowest BCUT2D eigenvalue weighted by atomic mass is 10.1. The Balaban J connectivity index is 2.29. The smallest absolute Gasteiger partial charge is 0.344 e. The maximum atomic E-state index is 10.8. The van der Waals surface area contributed by atoms with Crippen molar-refractivity contribution in [2.45, 2.75) is 25.4 Å². The molecule has 2 rings (SSSR count). The van der Waals surface area contributed by atoms with Crippen LogP contribution in [0.5, 0.6) is 5.75 Å². The zero-order chi connectivity index (χ0) is 10.8. The van der Waals surface area contributed by atoms with Crippen LogP contribution in [-0.4, -0.2) is 17.2 Å². The highest BCUT2D eigenvalue weighted by atomic mass is 35.5. The maximum Gasteiger partial charge on any atom is 0.344 e. The van der Waals surface area contributed by atoms with Crippen LogP contribution in [0.4, 0.5) is 0 Å². The molecular formula is C11H11ClO3. The fraction of sp³-hybridized carbons (Fsp3) is 0.364. The number of carbonyl (C=O) groups is 1. The Morgan fingerprint density at radius 1 is 1.53 bits per heavy atom. The van der Waals surface area contributed by atoms with Crippen LogP contribution >= 0.6 is 11.6 Å². The minimum absolute atomic E-state index is 0.543. The summed E-state index contributed by atoms with van der Waals surface area (Å²) in [5.41, 5.74) is 0.992. The largest absolute Gasteiger partial charge is 0.479 e. The predicted molar refractivity (Wildman–Crippen MR) is 56.4 cm³/mol. The van der Waals surface area contributed by atoms with Gasteiger partial charge in [-0.2, -0.15) is 0 Å². The Hall–Kier alpha value is -1.22. The summed E-state index contributed by atoms with van der Waals surface area (Å²) in [7, 11) is 0. The molecule has 0 saturated heterocycles. The van der Waals surface area contributed by atoms with E-state index in [0.717, 1.165) is 18.4 Å². The summed E-state index contributed by atoms with van der Waals surface area (Å²) in [6.07, 6.45) is 1.44. The van der Waals surface area contributed by atoms with E-state index in [1.807, 2.05) is 6.07 Å². The number of rotatable bonds is 1. The number of hydrogen-bond acceptors (Lipinski definition) is 2. The van der Waals surface area contributed by atoms with Crippen molar-refractivity contribution in [1.29, 1.82) is 0 Å². The van der Waals surface area contributed by atoms with Crippen LogP contribution < -0.4 is 4.74 Å². The summed E-state index contributed by atoms with van der Waals surface area (Å²) < 4.78 is 5.42. The van der Waals surface area contributed by atoms with Crippen molar-refractivity contribution in [2.24, 2.45) is 0 Å². The molecule has 0 amide bonds. The summed E-state index contributed by atoms with van der Waals surface area (Å²) in [6, 6.07) is 5.28. The number of benzene rings is 1. The van der Waals surface area contributed by atoms with Crippen LogP contribution in [-0.2, 0) is 11.2 Å². The number of carboxylic acids is 1. The summed E-state index contributed by atoms with van der Waals surface area (Å²) in [5.74, 6) is -0.262. The zero-order valence-corrected chi connectivity index (χ0v) is 8.83. The second-order valence-electron chi connectivity index (χ2n) is 3.59. The Kier molecular flexibility index (Phi) is 2.82. The van der Waals surface area contributed by atoms with Gasteiger partial charge in [0, 0.05) is 5.02 Å². The lowest BCUT2D eigenvalue weighted by Crippen LogP contribution is -2.25. The van der Waals surface area contributed by atoms with E-state index in [4.69, 9.17) is 21.4 Å². The first kappa shape index (κ1) is 10.3. The van der Waals surface area contributed by atoms with Crippen LogP contribution in [0.1, 0.15) is 18.4 Å². The fourth-order valence-corrected chi connectivity index (χ4v) is 1.92. The van der Waals surface area contributed by atoms with Crippen molar-refractivity contribution in [3.63, 3.8) is 0 Å². The van der Waals surface area contributed by atoms with Crippen molar-refractivity contribution in [3.05, 3.63) is 28.8 Å². The van der Waals surface area contributed by atoms with Crippen molar-refractivity contribution in [3.8, 4) is 5.75 Å². The minimum atomic E-state index is -0.905.